The number of fused-ring (bicyclic) bond motifs is 2. The fourth-order valence-corrected chi connectivity index (χ4v) is 6.93. The Bertz CT molecular complexity index is 1180. The highest BCUT2D eigenvalue weighted by molar-refractivity contribution is 7.22. The van der Waals surface area contributed by atoms with Crippen molar-refractivity contribution >= 4 is 61.2 Å². The zero-order valence-electron chi connectivity index (χ0n) is 17.4. The standard InChI is InChI=1S/C22H23ClN2O3S2/c1-21(2)10-12-14(20(27)28-5)19(30-17(12)22(3,4)25-21)24-18(26)16-15(23)11-8-6-7-9-13(11)29-16/h6-9,25H,10H2,1-5H3,(H,24,26). The van der Waals surface area contributed by atoms with Crippen molar-refractivity contribution in [2.24, 2.45) is 0 Å². The molecule has 0 radical (unpaired) electrons. The number of anilines is 1. The van der Waals surface area contributed by atoms with Crippen LogP contribution in [0.3, 0.4) is 0 Å². The van der Waals surface area contributed by atoms with Gasteiger partial charge < -0.3 is 15.4 Å². The monoisotopic (exact) mass is 462 g/mol. The van der Waals surface area contributed by atoms with Crippen molar-refractivity contribution in [3.05, 3.63) is 50.2 Å². The van der Waals surface area contributed by atoms with Gasteiger partial charge in [-0.05, 0) is 45.7 Å². The molecule has 4 rings (SSSR count). The van der Waals surface area contributed by atoms with Crippen molar-refractivity contribution in [1.82, 2.24) is 5.32 Å². The van der Waals surface area contributed by atoms with Gasteiger partial charge in [0.1, 0.15) is 9.88 Å². The Labute approximate surface area is 188 Å². The highest BCUT2D eigenvalue weighted by atomic mass is 35.5. The quantitative estimate of drug-likeness (QED) is 0.481. The summed E-state index contributed by atoms with van der Waals surface area (Å²) in [6, 6.07) is 7.63. The smallest absolute Gasteiger partial charge is 0.341 e. The molecule has 1 aliphatic heterocycles. The van der Waals surface area contributed by atoms with Gasteiger partial charge in [0.25, 0.3) is 5.91 Å². The first-order valence-electron chi connectivity index (χ1n) is 9.56. The molecule has 3 heterocycles. The lowest BCUT2D eigenvalue weighted by Crippen LogP contribution is -2.55. The summed E-state index contributed by atoms with van der Waals surface area (Å²) in [5.74, 6) is -0.770. The minimum atomic E-state index is -0.446. The van der Waals surface area contributed by atoms with Gasteiger partial charge in [-0.1, -0.05) is 29.8 Å². The summed E-state index contributed by atoms with van der Waals surface area (Å²) in [4.78, 5) is 27.3. The van der Waals surface area contributed by atoms with Crippen LogP contribution in [-0.4, -0.2) is 24.5 Å². The molecule has 158 valence electrons. The SMILES string of the molecule is COC(=O)c1c(NC(=O)c2sc3ccccc3c2Cl)sc2c1CC(C)(C)NC2(C)C. The molecule has 0 bridgehead atoms. The second-order valence-corrected chi connectivity index (χ2v) is 11.1. The Morgan fingerprint density at radius 2 is 1.87 bits per heavy atom. The second kappa shape index (κ2) is 7.34. The van der Waals surface area contributed by atoms with Gasteiger partial charge >= 0.3 is 5.97 Å². The highest BCUT2D eigenvalue weighted by Crippen LogP contribution is 2.46. The molecule has 8 heteroatoms. The largest absolute Gasteiger partial charge is 0.465 e. The van der Waals surface area contributed by atoms with E-state index in [0.29, 0.717) is 26.9 Å². The lowest BCUT2D eigenvalue weighted by Gasteiger charge is -2.42. The number of benzene rings is 1. The summed E-state index contributed by atoms with van der Waals surface area (Å²) in [7, 11) is 1.36. The molecule has 3 aromatic rings. The number of rotatable bonds is 3. The van der Waals surface area contributed by atoms with Gasteiger partial charge in [-0.3, -0.25) is 4.79 Å². The number of methoxy groups -OCH3 is 1. The van der Waals surface area contributed by atoms with Gasteiger partial charge in [-0.15, -0.1) is 22.7 Å². The van der Waals surface area contributed by atoms with Gasteiger partial charge in [0.2, 0.25) is 0 Å². The molecule has 2 N–H and O–H groups in total. The van der Waals surface area contributed by atoms with E-state index in [0.717, 1.165) is 20.5 Å². The fraction of sp³-hybridized carbons (Fsp3) is 0.364. The zero-order chi connectivity index (χ0) is 21.8. The summed E-state index contributed by atoms with van der Waals surface area (Å²) < 4.78 is 6.01. The Morgan fingerprint density at radius 3 is 2.53 bits per heavy atom. The second-order valence-electron chi connectivity index (χ2n) is 8.61. The molecule has 0 unspecified atom stereocenters. The number of carbonyl (C=O) groups is 2. The van der Waals surface area contributed by atoms with E-state index in [-0.39, 0.29) is 17.0 Å². The molecule has 1 aliphatic rings. The van der Waals surface area contributed by atoms with Crippen LogP contribution in [0.1, 0.15) is 58.2 Å². The van der Waals surface area contributed by atoms with E-state index in [2.05, 4.69) is 38.3 Å². The lowest BCUT2D eigenvalue weighted by molar-refractivity contribution is 0.0600. The fourth-order valence-electron chi connectivity index (χ4n) is 4.25. The number of nitrogens with one attached hydrogen (secondary N) is 2. The van der Waals surface area contributed by atoms with E-state index in [1.165, 1.54) is 29.8 Å². The first-order valence-corrected chi connectivity index (χ1v) is 11.6. The number of thiophene rings is 2. The predicted molar refractivity (Wildman–Crippen MR) is 124 cm³/mol. The maximum atomic E-state index is 13.1. The van der Waals surface area contributed by atoms with Crippen molar-refractivity contribution in [2.75, 3.05) is 12.4 Å². The molecule has 0 saturated carbocycles. The number of amides is 1. The van der Waals surface area contributed by atoms with Crippen LogP contribution in [0.4, 0.5) is 5.00 Å². The Hall–Kier alpha value is -1.93. The Kier molecular flexibility index (Phi) is 5.21. The summed E-state index contributed by atoms with van der Waals surface area (Å²) in [6.07, 6.45) is 0.659. The molecule has 0 atom stereocenters. The van der Waals surface area contributed by atoms with Crippen LogP contribution >= 0.6 is 34.3 Å². The maximum Gasteiger partial charge on any atom is 0.341 e. The van der Waals surface area contributed by atoms with Gasteiger partial charge in [0, 0.05) is 26.0 Å². The third-order valence-electron chi connectivity index (χ3n) is 5.20. The zero-order valence-corrected chi connectivity index (χ0v) is 19.8. The van der Waals surface area contributed by atoms with Crippen LogP contribution in [0.5, 0.6) is 0 Å². The minimum absolute atomic E-state index is 0.198. The normalized spacial score (nSPS) is 16.9. The van der Waals surface area contributed by atoms with Gasteiger partial charge in [-0.2, -0.15) is 0 Å². The number of esters is 1. The van der Waals surface area contributed by atoms with Crippen LogP contribution in [0.15, 0.2) is 24.3 Å². The number of carbonyl (C=O) groups excluding carboxylic acids is 2. The maximum absolute atomic E-state index is 13.1. The van der Waals surface area contributed by atoms with E-state index in [1.807, 2.05) is 24.3 Å². The molecule has 1 amide bonds. The average Bonchev–Trinajstić information content (AvgIpc) is 3.18. The van der Waals surface area contributed by atoms with E-state index in [9.17, 15) is 9.59 Å². The van der Waals surface area contributed by atoms with Crippen molar-refractivity contribution in [1.29, 1.82) is 0 Å². The van der Waals surface area contributed by atoms with Crippen LogP contribution in [0, 0.1) is 0 Å². The Morgan fingerprint density at radius 1 is 1.17 bits per heavy atom. The highest BCUT2D eigenvalue weighted by Gasteiger charge is 2.42. The van der Waals surface area contributed by atoms with E-state index >= 15 is 0 Å². The molecule has 0 fully saturated rings. The molecule has 30 heavy (non-hydrogen) atoms. The third-order valence-corrected chi connectivity index (χ3v) is 8.35. The molecule has 0 saturated heterocycles. The van der Waals surface area contributed by atoms with E-state index in [1.54, 1.807) is 0 Å². The van der Waals surface area contributed by atoms with E-state index < -0.39 is 5.97 Å². The summed E-state index contributed by atoms with van der Waals surface area (Å²) in [5, 5.41) is 8.34. The van der Waals surface area contributed by atoms with Crippen molar-refractivity contribution in [3.63, 3.8) is 0 Å². The molecular weight excluding hydrogens is 440 g/mol. The van der Waals surface area contributed by atoms with Gasteiger partial charge in [0.05, 0.1) is 17.7 Å². The van der Waals surface area contributed by atoms with Crippen LogP contribution in [0.25, 0.3) is 10.1 Å². The van der Waals surface area contributed by atoms with Gasteiger partial charge in [-0.25, -0.2) is 4.79 Å². The molecular formula is C22H23ClN2O3S2. The van der Waals surface area contributed by atoms with Crippen LogP contribution < -0.4 is 10.6 Å². The lowest BCUT2D eigenvalue weighted by atomic mass is 9.81. The molecule has 1 aromatic carbocycles. The van der Waals surface area contributed by atoms with Crippen LogP contribution in [-0.2, 0) is 16.7 Å². The number of hydrogen-bond donors (Lipinski definition) is 2. The molecule has 5 nitrogen and oxygen atoms in total. The third kappa shape index (κ3) is 3.54. The van der Waals surface area contributed by atoms with Crippen molar-refractivity contribution < 1.29 is 14.3 Å². The van der Waals surface area contributed by atoms with E-state index in [4.69, 9.17) is 16.3 Å². The van der Waals surface area contributed by atoms with Gasteiger partial charge in [0.15, 0.2) is 0 Å². The van der Waals surface area contributed by atoms with Crippen molar-refractivity contribution in [3.8, 4) is 0 Å². The summed E-state index contributed by atoms with van der Waals surface area (Å²) >= 11 is 9.24. The molecule has 2 aromatic heterocycles. The number of ether oxygens (including phenoxy) is 1. The predicted octanol–water partition coefficient (Wildman–Crippen LogP) is 5.81. The first-order chi connectivity index (χ1) is 14.0. The molecule has 0 aliphatic carbocycles. The topological polar surface area (TPSA) is 67.4 Å². The Balaban J connectivity index is 1.79. The molecule has 0 spiro atoms. The average molecular weight is 463 g/mol. The minimum Gasteiger partial charge on any atom is -0.465 e. The number of hydrogen-bond acceptors (Lipinski definition) is 6. The first kappa shape index (κ1) is 21.3. The number of halogens is 1. The van der Waals surface area contributed by atoms with Crippen molar-refractivity contribution in [2.45, 2.75) is 45.2 Å². The summed E-state index contributed by atoms with van der Waals surface area (Å²) in [5.41, 5.74) is 0.822. The van der Waals surface area contributed by atoms with Crippen LogP contribution in [0.2, 0.25) is 5.02 Å². The summed E-state index contributed by atoms with van der Waals surface area (Å²) in [6.45, 7) is 8.37.